The lowest BCUT2D eigenvalue weighted by Crippen LogP contribution is -2.40. The number of nitrogens with zero attached hydrogens (tertiary/aromatic N) is 1. The zero-order valence-corrected chi connectivity index (χ0v) is 10.9. The molecule has 3 unspecified atom stereocenters. The third kappa shape index (κ3) is 3.76. The predicted molar refractivity (Wildman–Crippen MR) is 66.8 cm³/mol. The molecule has 1 aliphatic rings. The second kappa shape index (κ2) is 5.86. The van der Waals surface area contributed by atoms with Crippen LogP contribution in [0.3, 0.4) is 0 Å². The predicted octanol–water partition coefficient (Wildman–Crippen LogP) is 2.34. The zero-order chi connectivity index (χ0) is 11.4. The topological polar surface area (TPSA) is 29.3 Å². The Morgan fingerprint density at radius 2 is 2.00 bits per heavy atom. The lowest BCUT2D eigenvalue weighted by molar-refractivity contribution is 0.257. The van der Waals surface area contributed by atoms with Gasteiger partial charge < -0.3 is 10.6 Å². The van der Waals surface area contributed by atoms with Gasteiger partial charge in [0.15, 0.2) is 0 Å². The highest BCUT2D eigenvalue weighted by atomic mass is 15.2. The molecule has 2 N–H and O–H groups in total. The number of nitrogens with two attached hydrogens (primary N) is 1. The van der Waals surface area contributed by atoms with Gasteiger partial charge in [-0.3, -0.25) is 0 Å². The van der Waals surface area contributed by atoms with Crippen LogP contribution in [-0.4, -0.2) is 30.6 Å². The summed E-state index contributed by atoms with van der Waals surface area (Å²) in [5.41, 5.74) is 6.19. The Hall–Kier alpha value is -0.0800. The maximum atomic E-state index is 6.19. The van der Waals surface area contributed by atoms with Gasteiger partial charge in [0, 0.05) is 19.1 Å². The van der Waals surface area contributed by atoms with E-state index in [2.05, 4.69) is 32.6 Å². The van der Waals surface area contributed by atoms with Crippen LogP contribution in [0, 0.1) is 17.8 Å². The summed E-state index contributed by atoms with van der Waals surface area (Å²) in [6, 6.07) is 0.362. The van der Waals surface area contributed by atoms with E-state index < -0.39 is 0 Å². The molecule has 0 aromatic heterocycles. The van der Waals surface area contributed by atoms with E-state index in [1.165, 1.54) is 25.9 Å². The van der Waals surface area contributed by atoms with Crippen LogP contribution in [0.2, 0.25) is 0 Å². The van der Waals surface area contributed by atoms with Crippen LogP contribution in [0.1, 0.15) is 40.5 Å². The van der Waals surface area contributed by atoms with Crippen LogP contribution in [0.5, 0.6) is 0 Å². The van der Waals surface area contributed by atoms with Gasteiger partial charge in [-0.25, -0.2) is 0 Å². The molecular weight excluding hydrogens is 184 g/mol. The SMILES string of the molecule is CCC(C)C(N)CN1CCC(C(C)C)C1. The number of hydrogen-bond acceptors (Lipinski definition) is 2. The van der Waals surface area contributed by atoms with E-state index in [4.69, 9.17) is 5.73 Å². The van der Waals surface area contributed by atoms with Gasteiger partial charge in [0.1, 0.15) is 0 Å². The second-order valence-corrected chi connectivity index (χ2v) is 5.60. The Morgan fingerprint density at radius 1 is 1.33 bits per heavy atom. The molecule has 1 aliphatic heterocycles. The summed E-state index contributed by atoms with van der Waals surface area (Å²) in [5.74, 6) is 2.38. The van der Waals surface area contributed by atoms with Crippen LogP contribution in [-0.2, 0) is 0 Å². The van der Waals surface area contributed by atoms with Crippen molar-refractivity contribution in [3.63, 3.8) is 0 Å². The van der Waals surface area contributed by atoms with Crippen molar-refractivity contribution in [2.45, 2.75) is 46.6 Å². The van der Waals surface area contributed by atoms with E-state index in [0.717, 1.165) is 18.4 Å². The van der Waals surface area contributed by atoms with Crippen molar-refractivity contribution in [3.05, 3.63) is 0 Å². The molecule has 0 spiro atoms. The van der Waals surface area contributed by atoms with E-state index in [1.54, 1.807) is 0 Å². The van der Waals surface area contributed by atoms with Crippen molar-refractivity contribution < 1.29 is 0 Å². The molecule has 2 nitrogen and oxygen atoms in total. The molecule has 0 amide bonds. The first-order valence-corrected chi connectivity index (χ1v) is 6.52. The molecule has 1 saturated heterocycles. The largest absolute Gasteiger partial charge is 0.326 e. The fraction of sp³-hybridized carbons (Fsp3) is 1.00. The molecule has 0 aliphatic carbocycles. The highest BCUT2D eigenvalue weighted by molar-refractivity contribution is 4.81. The average Bonchev–Trinajstić information content (AvgIpc) is 2.65. The standard InChI is InChI=1S/C13H28N2/c1-5-11(4)13(14)9-15-7-6-12(8-15)10(2)3/h10-13H,5-9,14H2,1-4H3. The van der Waals surface area contributed by atoms with Crippen LogP contribution in [0.15, 0.2) is 0 Å². The minimum Gasteiger partial charge on any atom is -0.326 e. The van der Waals surface area contributed by atoms with Crippen molar-refractivity contribution in [3.8, 4) is 0 Å². The van der Waals surface area contributed by atoms with Gasteiger partial charge in [-0.15, -0.1) is 0 Å². The minimum atomic E-state index is 0.362. The summed E-state index contributed by atoms with van der Waals surface area (Å²) in [6.45, 7) is 12.8. The zero-order valence-electron chi connectivity index (χ0n) is 10.9. The molecule has 0 radical (unpaired) electrons. The van der Waals surface area contributed by atoms with Crippen LogP contribution < -0.4 is 5.73 Å². The number of likely N-dealkylation sites (tertiary alicyclic amines) is 1. The van der Waals surface area contributed by atoms with E-state index in [1.807, 2.05) is 0 Å². The van der Waals surface area contributed by atoms with Gasteiger partial charge in [-0.05, 0) is 30.7 Å². The molecule has 0 aromatic carbocycles. The van der Waals surface area contributed by atoms with E-state index in [0.29, 0.717) is 12.0 Å². The molecule has 1 heterocycles. The normalized spacial score (nSPS) is 27.2. The quantitative estimate of drug-likeness (QED) is 0.758. The first-order chi connectivity index (χ1) is 7.04. The lowest BCUT2D eigenvalue weighted by atomic mass is 9.95. The molecule has 0 aromatic rings. The monoisotopic (exact) mass is 212 g/mol. The van der Waals surface area contributed by atoms with Crippen molar-refractivity contribution in [2.24, 2.45) is 23.5 Å². The summed E-state index contributed by atoms with van der Waals surface area (Å²) in [4.78, 5) is 2.56. The average molecular weight is 212 g/mol. The number of hydrogen-bond donors (Lipinski definition) is 1. The summed E-state index contributed by atoms with van der Waals surface area (Å²) in [5, 5.41) is 0. The molecule has 15 heavy (non-hydrogen) atoms. The van der Waals surface area contributed by atoms with Crippen LogP contribution >= 0.6 is 0 Å². The lowest BCUT2D eigenvalue weighted by Gasteiger charge is -2.25. The fourth-order valence-electron chi connectivity index (χ4n) is 2.35. The third-order valence-corrected chi connectivity index (χ3v) is 4.10. The fourth-order valence-corrected chi connectivity index (χ4v) is 2.35. The molecule has 2 heteroatoms. The van der Waals surface area contributed by atoms with Crippen molar-refractivity contribution in [1.29, 1.82) is 0 Å². The van der Waals surface area contributed by atoms with Crippen molar-refractivity contribution in [2.75, 3.05) is 19.6 Å². The van der Waals surface area contributed by atoms with Gasteiger partial charge in [-0.2, -0.15) is 0 Å². The molecule has 0 saturated carbocycles. The Bertz CT molecular complexity index is 179. The van der Waals surface area contributed by atoms with Gasteiger partial charge >= 0.3 is 0 Å². The molecule has 1 rings (SSSR count). The first kappa shape index (κ1) is 13.0. The first-order valence-electron chi connectivity index (χ1n) is 6.52. The second-order valence-electron chi connectivity index (χ2n) is 5.60. The Balaban J connectivity index is 2.29. The van der Waals surface area contributed by atoms with E-state index >= 15 is 0 Å². The van der Waals surface area contributed by atoms with E-state index in [9.17, 15) is 0 Å². The van der Waals surface area contributed by atoms with Gasteiger partial charge in [-0.1, -0.05) is 34.1 Å². The number of rotatable bonds is 5. The molecule has 90 valence electrons. The Kier molecular flexibility index (Phi) is 5.07. The van der Waals surface area contributed by atoms with Crippen LogP contribution in [0.25, 0.3) is 0 Å². The summed E-state index contributed by atoms with van der Waals surface area (Å²) in [7, 11) is 0. The molecule has 0 bridgehead atoms. The maximum Gasteiger partial charge on any atom is 0.0193 e. The Labute approximate surface area is 95.2 Å². The highest BCUT2D eigenvalue weighted by Crippen LogP contribution is 2.24. The Morgan fingerprint density at radius 3 is 2.47 bits per heavy atom. The van der Waals surface area contributed by atoms with Crippen molar-refractivity contribution >= 4 is 0 Å². The molecule has 3 atom stereocenters. The molecule has 1 fully saturated rings. The van der Waals surface area contributed by atoms with Crippen LogP contribution in [0.4, 0.5) is 0 Å². The summed E-state index contributed by atoms with van der Waals surface area (Å²) >= 11 is 0. The van der Waals surface area contributed by atoms with Gasteiger partial charge in [0.25, 0.3) is 0 Å². The maximum absolute atomic E-state index is 6.19. The molecular formula is C13H28N2. The third-order valence-electron chi connectivity index (χ3n) is 4.10. The van der Waals surface area contributed by atoms with E-state index in [-0.39, 0.29) is 0 Å². The highest BCUT2D eigenvalue weighted by Gasteiger charge is 2.26. The van der Waals surface area contributed by atoms with Gasteiger partial charge in [0.2, 0.25) is 0 Å². The smallest absolute Gasteiger partial charge is 0.0193 e. The minimum absolute atomic E-state index is 0.362. The van der Waals surface area contributed by atoms with Gasteiger partial charge in [0.05, 0.1) is 0 Å². The summed E-state index contributed by atoms with van der Waals surface area (Å²) < 4.78 is 0. The van der Waals surface area contributed by atoms with Crippen molar-refractivity contribution in [1.82, 2.24) is 4.90 Å². The summed E-state index contributed by atoms with van der Waals surface area (Å²) in [6.07, 6.45) is 2.56.